The van der Waals surface area contributed by atoms with Crippen LogP contribution in [0.5, 0.6) is 11.5 Å². The molecule has 7 heteroatoms. The maximum Gasteiger partial charge on any atom is 0.254 e. The summed E-state index contributed by atoms with van der Waals surface area (Å²) in [5.41, 5.74) is 4.62. The molecule has 188 valence electrons. The van der Waals surface area contributed by atoms with Crippen molar-refractivity contribution < 1.29 is 19.1 Å². The predicted molar refractivity (Wildman–Crippen MR) is 143 cm³/mol. The maximum absolute atomic E-state index is 13.8. The van der Waals surface area contributed by atoms with E-state index in [1.807, 2.05) is 89.5 Å². The van der Waals surface area contributed by atoms with Gasteiger partial charge in [-0.1, -0.05) is 35.9 Å². The van der Waals surface area contributed by atoms with Crippen molar-refractivity contribution in [2.45, 2.75) is 6.92 Å². The van der Waals surface area contributed by atoms with Gasteiger partial charge in [0.1, 0.15) is 0 Å². The minimum absolute atomic E-state index is 0.00259. The van der Waals surface area contributed by atoms with E-state index in [1.165, 1.54) is 0 Å². The number of aryl methyl sites for hydroxylation is 1. The molecule has 0 atom stereocenters. The number of rotatable bonds is 5. The third kappa shape index (κ3) is 4.85. The fourth-order valence-electron chi connectivity index (χ4n) is 4.66. The molecule has 2 amide bonds. The first-order valence-corrected chi connectivity index (χ1v) is 12.3. The molecule has 5 rings (SSSR count). The highest BCUT2D eigenvalue weighted by molar-refractivity contribution is 6.07. The number of carbonyl (C=O) groups is 2. The van der Waals surface area contributed by atoms with E-state index < -0.39 is 0 Å². The molecule has 0 saturated carbocycles. The number of ether oxygens (including phenoxy) is 2. The molecule has 3 aromatic carbocycles. The van der Waals surface area contributed by atoms with Gasteiger partial charge >= 0.3 is 0 Å². The summed E-state index contributed by atoms with van der Waals surface area (Å²) in [5.74, 6) is 1.15. The summed E-state index contributed by atoms with van der Waals surface area (Å²) in [5, 5.41) is 0.801. The number of methoxy groups -OCH3 is 2. The van der Waals surface area contributed by atoms with E-state index in [4.69, 9.17) is 14.5 Å². The average Bonchev–Trinajstić information content (AvgIpc) is 2.96. The Balaban J connectivity index is 1.41. The predicted octanol–water partition coefficient (Wildman–Crippen LogP) is 4.83. The number of amides is 2. The molecule has 1 aliphatic rings. The fourth-order valence-corrected chi connectivity index (χ4v) is 4.66. The Labute approximate surface area is 216 Å². The van der Waals surface area contributed by atoms with Gasteiger partial charge in [-0.2, -0.15) is 0 Å². The van der Waals surface area contributed by atoms with Gasteiger partial charge in [-0.3, -0.25) is 9.59 Å². The molecule has 0 spiro atoms. The number of carbonyl (C=O) groups excluding carboxylic acids is 2. The van der Waals surface area contributed by atoms with Crippen LogP contribution in [0.15, 0.2) is 72.8 Å². The number of piperazine rings is 1. The van der Waals surface area contributed by atoms with Crippen LogP contribution in [0.2, 0.25) is 0 Å². The van der Waals surface area contributed by atoms with Crippen LogP contribution in [0.1, 0.15) is 26.3 Å². The highest BCUT2D eigenvalue weighted by Gasteiger charge is 2.27. The first-order valence-electron chi connectivity index (χ1n) is 12.3. The molecule has 0 unspecified atom stereocenters. The highest BCUT2D eigenvalue weighted by atomic mass is 16.5. The van der Waals surface area contributed by atoms with Gasteiger partial charge < -0.3 is 19.3 Å². The van der Waals surface area contributed by atoms with E-state index in [0.717, 1.165) is 22.0 Å². The quantitative estimate of drug-likeness (QED) is 0.397. The molecular formula is C30H29N3O4. The number of hydrogen-bond donors (Lipinski definition) is 0. The molecule has 1 saturated heterocycles. The van der Waals surface area contributed by atoms with Crippen molar-refractivity contribution in [2.75, 3.05) is 40.4 Å². The lowest BCUT2D eigenvalue weighted by Crippen LogP contribution is -2.50. The molecule has 4 aromatic rings. The SMILES string of the molecule is COc1ccc(-c2cc(C(=O)N3CCN(C(=O)c4ccc(C)cc4)CC3)c3ccccc3n2)cc1OC. The second kappa shape index (κ2) is 10.3. The third-order valence-electron chi connectivity index (χ3n) is 6.78. The zero-order valence-corrected chi connectivity index (χ0v) is 21.2. The summed E-state index contributed by atoms with van der Waals surface area (Å²) >= 11 is 0. The number of benzene rings is 3. The van der Waals surface area contributed by atoms with Crippen molar-refractivity contribution in [1.29, 1.82) is 0 Å². The smallest absolute Gasteiger partial charge is 0.254 e. The summed E-state index contributed by atoms with van der Waals surface area (Å²) in [4.78, 5) is 35.1. The molecule has 1 aliphatic heterocycles. The summed E-state index contributed by atoms with van der Waals surface area (Å²) in [7, 11) is 3.18. The van der Waals surface area contributed by atoms with Gasteiger partial charge in [0.2, 0.25) is 0 Å². The van der Waals surface area contributed by atoms with Crippen molar-refractivity contribution in [3.63, 3.8) is 0 Å². The molecule has 1 aromatic heterocycles. The number of pyridine rings is 1. The number of fused-ring (bicyclic) bond motifs is 1. The van der Waals surface area contributed by atoms with Crippen molar-refractivity contribution in [3.8, 4) is 22.8 Å². The maximum atomic E-state index is 13.8. The zero-order valence-electron chi connectivity index (χ0n) is 21.2. The van der Waals surface area contributed by atoms with Gasteiger partial charge in [0, 0.05) is 42.7 Å². The van der Waals surface area contributed by atoms with Crippen LogP contribution in [-0.4, -0.2) is 67.0 Å². The topological polar surface area (TPSA) is 72.0 Å². The van der Waals surface area contributed by atoms with E-state index in [1.54, 1.807) is 14.2 Å². The third-order valence-corrected chi connectivity index (χ3v) is 6.78. The number of aromatic nitrogens is 1. The van der Waals surface area contributed by atoms with E-state index in [0.29, 0.717) is 54.5 Å². The van der Waals surface area contributed by atoms with Crippen LogP contribution < -0.4 is 9.47 Å². The Bertz CT molecular complexity index is 1460. The van der Waals surface area contributed by atoms with E-state index in [2.05, 4.69) is 0 Å². The van der Waals surface area contributed by atoms with Crippen LogP contribution in [-0.2, 0) is 0 Å². The highest BCUT2D eigenvalue weighted by Crippen LogP contribution is 2.33. The molecule has 7 nitrogen and oxygen atoms in total. The Hall–Kier alpha value is -4.39. The normalized spacial score (nSPS) is 13.5. The van der Waals surface area contributed by atoms with Crippen LogP contribution in [0.3, 0.4) is 0 Å². The molecule has 37 heavy (non-hydrogen) atoms. The number of para-hydroxylation sites is 1. The molecule has 0 bridgehead atoms. The molecular weight excluding hydrogens is 466 g/mol. The minimum Gasteiger partial charge on any atom is -0.493 e. The first-order chi connectivity index (χ1) is 18.0. The molecule has 0 radical (unpaired) electrons. The number of hydrogen-bond acceptors (Lipinski definition) is 5. The average molecular weight is 496 g/mol. The van der Waals surface area contributed by atoms with Gasteiger partial charge in [0.05, 0.1) is 31.0 Å². The van der Waals surface area contributed by atoms with Crippen LogP contribution in [0, 0.1) is 6.92 Å². The standard InChI is InChI=1S/C30H29N3O4/c1-20-8-10-21(11-9-20)29(34)32-14-16-33(17-15-32)30(35)24-19-26(31-25-7-5-4-6-23(24)25)22-12-13-27(36-2)28(18-22)37-3/h4-13,18-19H,14-17H2,1-3H3. The second-order valence-corrected chi connectivity index (χ2v) is 9.09. The zero-order chi connectivity index (χ0) is 25.9. The second-order valence-electron chi connectivity index (χ2n) is 9.09. The lowest BCUT2D eigenvalue weighted by molar-refractivity contribution is 0.0536. The lowest BCUT2D eigenvalue weighted by Gasteiger charge is -2.35. The van der Waals surface area contributed by atoms with Gasteiger partial charge in [-0.25, -0.2) is 4.98 Å². The van der Waals surface area contributed by atoms with Crippen molar-refractivity contribution in [3.05, 3.63) is 89.5 Å². The van der Waals surface area contributed by atoms with E-state index in [9.17, 15) is 9.59 Å². The molecule has 2 heterocycles. The molecule has 0 N–H and O–H groups in total. The lowest BCUT2D eigenvalue weighted by atomic mass is 10.0. The summed E-state index contributed by atoms with van der Waals surface area (Å²) in [6.07, 6.45) is 0. The summed E-state index contributed by atoms with van der Waals surface area (Å²) in [6.45, 7) is 3.92. The van der Waals surface area contributed by atoms with Crippen molar-refractivity contribution in [2.24, 2.45) is 0 Å². The van der Waals surface area contributed by atoms with Crippen LogP contribution >= 0.6 is 0 Å². The van der Waals surface area contributed by atoms with Gasteiger partial charge in [-0.15, -0.1) is 0 Å². The largest absolute Gasteiger partial charge is 0.493 e. The Kier molecular flexibility index (Phi) is 6.77. The van der Waals surface area contributed by atoms with Gasteiger partial charge in [0.25, 0.3) is 11.8 Å². The van der Waals surface area contributed by atoms with Crippen LogP contribution in [0.25, 0.3) is 22.2 Å². The minimum atomic E-state index is -0.0669. The van der Waals surface area contributed by atoms with Crippen LogP contribution in [0.4, 0.5) is 0 Å². The van der Waals surface area contributed by atoms with E-state index >= 15 is 0 Å². The van der Waals surface area contributed by atoms with Crippen molar-refractivity contribution >= 4 is 22.7 Å². The monoisotopic (exact) mass is 495 g/mol. The van der Waals surface area contributed by atoms with E-state index in [-0.39, 0.29) is 11.8 Å². The van der Waals surface area contributed by atoms with Crippen molar-refractivity contribution in [1.82, 2.24) is 14.8 Å². The number of nitrogens with zero attached hydrogens (tertiary/aromatic N) is 3. The Morgan fingerprint density at radius 2 is 1.41 bits per heavy atom. The summed E-state index contributed by atoms with van der Waals surface area (Å²) < 4.78 is 10.8. The Morgan fingerprint density at radius 1 is 0.757 bits per heavy atom. The van der Waals surface area contributed by atoms with Gasteiger partial charge in [0.15, 0.2) is 11.5 Å². The molecule has 1 fully saturated rings. The Morgan fingerprint density at radius 3 is 2.08 bits per heavy atom. The summed E-state index contributed by atoms with van der Waals surface area (Å²) in [6, 6.07) is 22.7. The first kappa shape index (κ1) is 24.3. The molecule has 0 aliphatic carbocycles. The fraction of sp³-hybridized carbons (Fsp3) is 0.233. The van der Waals surface area contributed by atoms with Gasteiger partial charge in [-0.05, 0) is 49.4 Å².